The molecule has 1 aromatic rings. The third-order valence-electron chi connectivity index (χ3n) is 3.23. The van der Waals surface area contributed by atoms with Gasteiger partial charge in [0.25, 0.3) is 0 Å². The molecule has 0 unspecified atom stereocenters. The first-order valence-corrected chi connectivity index (χ1v) is 5.21. The Hall–Kier alpha value is -1.09. The van der Waals surface area contributed by atoms with Crippen molar-refractivity contribution in [3.8, 4) is 0 Å². The molecule has 3 heteroatoms. The summed E-state index contributed by atoms with van der Waals surface area (Å²) in [6.07, 6.45) is 4.72. The number of aromatic nitrogens is 1. The van der Waals surface area contributed by atoms with Gasteiger partial charge in [0.2, 0.25) is 0 Å². The van der Waals surface area contributed by atoms with Gasteiger partial charge in [-0.1, -0.05) is 11.2 Å². The Morgan fingerprint density at radius 3 is 3.07 bits per heavy atom. The highest BCUT2D eigenvalue weighted by atomic mass is 16.5. The van der Waals surface area contributed by atoms with Crippen molar-refractivity contribution in [2.75, 3.05) is 6.54 Å². The Morgan fingerprint density at radius 1 is 1.57 bits per heavy atom. The van der Waals surface area contributed by atoms with Crippen LogP contribution >= 0.6 is 0 Å². The molecular formula is C11H14N2O. The van der Waals surface area contributed by atoms with E-state index in [4.69, 9.17) is 4.52 Å². The minimum Gasteiger partial charge on any atom is -0.356 e. The number of nitrogens with one attached hydrogen (secondary N) is 1. The van der Waals surface area contributed by atoms with Gasteiger partial charge >= 0.3 is 0 Å². The fourth-order valence-electron chi connectivity index (χ4n) is 2.26. The van der Waals surface area contributed by atoms with Gasteiger partial charge in [0.1, 0.15) is 0 Å². The second-order valence-electron chi connectivity index (χ2n) is 4.26. The second-order valence-corrected chi connectivity index (χ2v) is 4.26. The molecular weight excluding hydrogens is 176 g/mol. The molecule has 1 fully saturated rings. The van der Waals surface area contributed by atoms with E-state index in [-0.39, 0.29) is 0 Å². The zero-order valence-corrected chi connectivity index (χ0v) is 8.29. The molecule has 14 heavy (non-hydrogen) atoms. The van der Waals surface area contributed by atoms with Crippen molar-refractivity contribution in [1.82, 2.24) is 10.5 Å². The van der Waals surface area contributed by atoms with Crippen molar-refractivity contribution in [3.63, 3.8) is 0 Å². The van der Waals surface area contributed by atoms with Gasteiger partial charge in [-0.05, 0) is 31.3 Å². The van der Waals surface area contributed by atoms with Gasteiger partial charge in [0, 0.05) is 18.7 Å². The molecule has 1 N–H and O–H groups in total. The largest absolute Gasteiger partial charge is 0.356 e. The molecule has 0 amide bonds. The topological polar surface area (TPSA) is 38.1 Å². The average molecular weight is 190 g/mol. The Labute approximate surface area is 83.2 Å². The van der Waals surface area contributed by atoms with Crippen LogP contribution in [0, 0.1) is 12.8 Å². The van der Waals surface area contributed by atoms with Crippen LogP contribution in [0.15, 0.2) is 16.7 Å². The summed E-state index contributed by atoms with van der Waals surface area (Å²) in [5.41, 5.74) is 2.28. The fourth-order valence-corrected chi connectivity index (χ4v) is 2.26. The maximum Gasteiger partial charge on any atom is 0.162 e. The van der Waals surface area contributed by atoms with Crippen LogP contribution < -0.4 is 5.32 Å². The van der Waals surface area contributed by atoms with Crippen LogP contribution in [0.4, 0.5) is 0 Å². The van der Waals surface area contributed by atoms with Crippen LogP contribution in [0.25, 0.3) is 5.57 Å². The van der Waals surface area contributed by atoms with Crippen LogP contribution in [0.5, 0.6) is 0 Å². The average Bonchev–Trinajstić information content (AvgIpc) is 2.54. The first-order valence-electron chi connectivity index (χ1n) is 5.21. The van der Waals surface area contributed by atoms with E-state index < -0.39 is 0 Å². The van der Waals surface area contributed by atoms with Gasteiger partial charge in [-0.15, -0.1) is 0 Å². The summed E-state index contributed by atoms with van der Waals surface area (Å²) in [5, 5.41) is 7.33. The van der Waals surface area contributed by atoms with Crippen molar-refractivity contribution >= 4 is 5.57 Å². The summed E-state index contributed by atoms with van der Waals surface area (Å²) in [7, 11) is 0. The summed E-state index contributed by atoms with van der Waals surface area (Å²) >= 11 is 0. The third kappa shape index (κ3) is 1.20. The summed E-state index contributed by atoms with van der Waals surface area (Å²) < 4.78 is 5.27. The van der Waals surface area contributed by atoms with Crippen LogP contribution in [-0.4, -0.2) is 17.7 Å². The van der Waals surface area contributed by atoms with E-state index in [2.05, 4.69) is 16.5 Å². The lowest BCUT2D eigenvalue weighted by molar-refractivity contribution is 0.254. The molecule has 3 nitrogen and oxygen atoms in total. The Balaban J connectivity index is 1.88. The zero-order chi connectivity index (χ0) is 9.54. The van der Waals surface area contributed by atoms with Crippen molar-refractivity contribution in [2.45, 2.75) is 25.8 Å². The summed E-state index contributed by atoms with van der Waals surface area (Å²) in [6.45, 7) is 3.14. The SMILES string of the molecule is Cc1cc(C2=C[C@@H]3NC[C@@H]3CC2)on1. The molecule has 74 valence electrons. The molecule has 1 aliphatic carbocycles. The maximum atomic E-state index is 5.27. The van der Waals surface area contributed by atoms with Crippen molar-refractivity contribution < 1.29 is 4.52 Å². The number of rotatable bonds is 1. The van der Waals surface area contributed by atoms with E-state index in [9.17, 15) is 0 Å². The predicted molar refractivity (Wildman–Crippen MR) is 53.7 cm³/mol. The summed E-state index contributed by atoms with van der Waals surface area (Å²) in [5.74, 6) is 1.82. The molecule has 3 rings (SSSR count). The molecule has 1 aliphatic heterocycles. The zero-order valence-electron chi connectivity index (χ0n) is 8.29. The van der Waals surface area contributed by atoms with E-state index in [1.54, 1.807) is 0 Å². The van der Waals surface area contributed by atoms with Gasteiger partial charge in [-0.2, -0.15) is 0 Å². The monoisotopic (exact) mass is 190 g/mol. The van der Waals surface area contributed by atoms with E-state index in [1.165, 1.54) is 18.5 Å². The molecule has 2 heterocycles. The lowest BCUT2D eigenvalue weighted by Gasteiger charge is -2.39. The number of nitrogens with zero attached hydrogens (tertiary/aromatic N) is 1. The summed E-state index contributed by atoms with van der Waals surface area (Å²) in [6, 6.07) is 2.61. The molecule has 1 saturated heterocycles. The van der Waals surface area contributed by atoms with Crippen LogP contribution in [-0.2, 0) is 0 Å². The molecule has 0 spiro atoms. The van der Waals surface area contributed by atoms with Gasteiger partial charge in [0.05, 0.1) is 5.69 Å². The quantitative estimate of drug-likeness (QED) is 0.733. The highest BCUT2D eigenvalue weighted by molar-refractivity contribution is 5.63. The maximum absolute atomic E-state index is 5.27. The first kappa shape index (κ1) is 8.24. The van der Waals surface area contributed by atoms with Gasteiger partial charge in [0.15, 0.2) is 5.76 Å². The smallest absolute Gasteiger partial charge is 0.162 e. The van der Waals surface area contributed by atoms with E-state index in [0.29, 0.717) is 6.04 Å². The number of hydrogen-bond donors (Lipinski definition) is 1. The van der Waals surface area contributed by atoms with Crippen molar-refractivity contribution in [1.29, 1.82) is 0 Å². The first-order chi connectivity index (χ1) is 6.83. The number of allylic oxidation sites excluding steroid dienone is 1. The molecule has 2 aliphatic rings. The lowest BCUT2D eigenvalue weighted by atomic mass is 9.80. The Bertz CT molecular complexity index is 380. The molecule has 0 bridgehead atoms. The molecule has 0 saturated carbocycles. The minimum atomic E-state index is 0.587. The third-order valence-corrected chi connectivity index (χ3v) is 3.23. The van der Waals surface area contributed by atoms with Crippen LogP contribution in [0.1, 0.15) is 24.3 Å². The lowest BCUT2D eigenvalue weighted by Crippen LogP contribution is -2.52. The predicted octanol–water partition coefficient (Wildman–Crippen LogP) is 1.75. The van der Waals surface area contributed by atoms with Crippen LogP contribution in [0.3, 0.4) is 0 Å². The Kier molecular flexibility index (Phi) is 1.74. The molecule has 2 atom stereocenters. The molecule has 0 radical (unpaired) electrons. The van der Waals surface area contributed by atoms with Crippen molar-refractivity contribution in [3.05, 3.63) is 23.6 Å². The number of fused-ring (bicyclic) bond motifs is 1. The fraction of sp³-hybridized carbons (Fsp3) is 0.545. The molecule has 1 aromatic heterocycles. The van der Waals surface area contributed by atoms with Gasteiger partial charge < -0.3 is 9.84 Å². The highest BCUT2D eigenvalue weighted by Gasteiger charge is 2.32. The Morgan fingerprint density at radius 2 is 2.50 bits per heavy atom. The van der Waals surface area contributed by atoms with Crippen molar-refractivity contribution in [2.24, 2.45) is 5.92 Å². The number of hydrogen-bond acceptors (Lipinski definition) is 3. The molecule has 0 aromatic carbocycles. The van der Waals surface area contributed by atoms with Gasteiger partial charge in [-0.25, -0.2) is 0 Å². The minimum absolute atomic E-state index is 0.587. The standard InChI is InChI=1S/C11H14N2O/c1-7-4-11(14-13-7)8-2-3-9-6-12-10(9)5-8/h4-5,9-10,12H,2-3,6H2,1H3/t9-,10-/m0/s1. The second kappa shape index (κ2) is 2.95. The highest BCUT2D eigenvalue weighted by Crippen LogP contribution is 2.33. The normalized spacial score (nSPS) is 30.5. The number of aryl methyl sites for hydroxylation is 1. The van der Waals surface area contributed by atoms with E-state index in [1.807, 2.05) is 13.0 Å². The van der Waals surface area contributed by atoms with Crippen LogP contribution in [0.2, 0.25) is 0 Å². The van der Waals surface area contributed by atoms with E-state index >= 15 is 0 Å². The summed E-state index contributed by atoms with van der Waals surface area (Å²) in [4.78, 5) is 0. The van der Waals surface area contributed by atoms with E-state index in [0.717, 1.165) is 23.8 Å². The van der Waals surface area contributed by atoms with Gasteiger partial charge in [-0.3, -0.25) is 0 Å².